The van der Waals surface area contributed by atoms with Gasteiger partial charge in [0.25, 0.3) is 6.43 Å². The largest absolute Gasteiger partial charge is 0.507 e. The van der Waals surface area contributed by atoms with Gasteiger partial charge in [0.05, 0.1) is 12.2 Å². The van der Waals surface area contributed by atoms with Gasteiger partial charge in [-0.25, -0.2) is 14.7 Å². The Bertz CT molecular complexity index is 381. The first-order valence-corrected chi connectivity index (χ1v) is 5.42. The van der Waals surface area contributed by atoms with Gasteiger partial charge in [-0.3, -0.25) is 0 Å². The molecule has 96 valence electrons. The topological polar surface area (TPSA) is 55.5 Å². The predicted molar refractivity (Wildman–Crippen MR) is 61.0 cm³/mol. The fraction of sp³-hybridized carbons (Fsp3) is 0.500. The Labute approximate surface area is 99.2 Å². The standard InChI is InChI=1S/C12H17F2NO2/c1-7(2)9-5-8(3-4-17-15)11(16)10(6-9)12(13)14/h5-7,12,16H,3-4,15H2,1-2H3. The molecule has 0 heterocycles. The van der Waals surface area contributed by atoms with Crippen LogP contribution in [0.25, 0.3) is 0 Å². The molecule has 0 amide bonds. The minimum absolute atomic E-state index is 0.116. The summed E-state index contributed by atoms with van der Waals surface area (Å²) in [6.07, 6.45) is -2.38. The van der Waals surface area contributed by atoms with Gasteiger partial charge < -0.3 is 9.94 Å². The van der Waals surface area contributed by atoms with Crippen LogP contribution < -0.4 is 5.90 Å². The molecule has 0 atom stereocenters. The average molecular weight is 245 g/mol. The van der Waals surface area contributed by atoms with E-state index < -0.39 is 6.43 Å². The van der Waals surface area contributed by atoms with Gasteiger partial charge in [-0.1, -0.05) is 19.9 Å². The molecule has 3 N–H and O–H groups in total. The van der Waals surface area contributed by atoms with E-state index in [-0.39, 0.29) is 23.8 Å². The van der Waals surface area contributed by atoms with Crippen LogP contribution >= 0.6 is 0 Å². The summed E-state index contributed by atoms with van der Waals surface area (Å²) < 4.78 is 25.5. The molecule has 17 heavy (non-hydrogen) atoms. The second kappa shape index (κ2) is 5.93. The van der Waals surface area contributed by atoms with Gasteiger partial charge in [0.2, 0.25) is 0 Å². The van der Waals surface area contributed by atoms with Crippen molar-refractivity contribution < 1.29 is 18.7 Å². The highest BCUT2D eigenvalue weighted by Gasteiger charge is 2.18. The van der Waals surface area contributed by atoms with Crippen molar-refractivity contribution in [3.05, 3.63) is 28.8 Å². The van der Waals surface area contributed by atoms with Gasteiger partial charge in [0.15, 0.2) is 0 Å². The summed E-state index contributed by atoms with van der Waals surface area (Å²) in [6, 6.07) is 3.06. The van der Waals surface area contributed by atoms with Crippen LogP contribution in [0, 0.1) is 0 Å². The van der Waals surface area contributed by atoms with Crippen molar-refractivity contribution in [3.63, 3.8) is 0 Å². The van der Waals surface area contributed by atoms with Crippen molar-refractivity contribution in [3.8, 4) is 5.75 Å². The molecule has 0 aromatic heterocycles. The van der Waals surface area contributed by atoms with Gasteiger partial charge in [0, 0.05) is 6.42 Å². The van der Waals surface area contributed by atoms with Crippen LogP contribution in [0.15, 0.2) is 12.1 Å². The van der Waals surface area contributed by atoms with E-state index in [1.54, 1.807) is 6.07 Å². The Morgan fingerprint density at radius 3 is 2.47 bits per heavy atom. The van der Waals surface area contributed by atoms with Crippen LogP contribution in [-0.2, 0) is 11.3 Å². The van der Waals surface area contributed by atoms with Crippen molar-refractivity contribution in [2.24, 2.45) is 5.90 Å². The lowest BCUT2D eigenvalue weighted by molar-refractivity contribution is 0.138. The third-order valence-corrected chi connectivity index (χ3v) is 2.63. The molecule has 0 radical (unpaired) electrons. The Balaban J connectivity index is 3.18. The Kier molecular flexibility index (Phi) is 4.84. The van der Waals surface area contributed by atoms with Crippen molar-refractivity contribution in [1.82, 2.24) is 0 Å². The molecular weight excluding hydrogens is 228 g/mol. The number of phenols is 1. The highest BCUT2D eigenvalue weighted by molar-refractivity contribution is 5.45. The maximum absolute atomic E-state index is 12.8. The van der Waals surface area contributed by atoms with Crippen LogP contribution in [0.1, 0.15) is 42.9 Å². The van der Waals surface area contributed by atoms with Gasteiger partial charge in [-0.2, -0.15) is 0 Å². The summed E-state index contributed by atoms with van der Waals surface area (Å²) in [4.78, 5) is 4.40. The minimum atomic E-state index is -2.69. The third kappa shape index (κ3) is 3.38. The smallest absolute Gasteiger partial charge is 0.267 e. The molecule has 1 rings (SSSR count). The van der Waals surface area contributed by atoms with E-state index in [2.05, 4.69) is 4.84 Å². The van der Waals surface area contributed by atoms with Crippen LogP contribution in [0.5, 0.6) is 5.75 Å². The Morgan fingerprint density at radius 1 is 1.35 bits per heavy atom. The number of halogens is 2. The molecule has 0 aliphatic heterocycles. The summed E-state index contributed by atoms with van der Waals surface area (Å²) in [6.45, 7) is 3.99. The van der Waals surface area contributed by atoms with E-state index >= 15 is 0 Å². The maximum atomic E-state index is 12.8. The first-order valence-electron chi connectivity index (χ1n) is 5.42. The molecule has 0 aliphatic rings. The molecule has 5 heteroatoms. The van der Waals surface area contributed by atoms with Crippen LogP contribution in [0.2, 0.25) is 0 Å². The van der Waals surface area contributed by atoms with Crippen molar-refractivity contribution >= 4 is 0 Å². The highest BCUT2D eigenvalue weighted by atomic mass is 19.3. The molecule has 0 aliphatic carbocycles. The summed E-state index contributed by atoms with van der Waals surface area (Å²) in [5.41, 5.74) is 0.880. The zero-order chi connectivity index (χ0) is 13.0. The number of rotatable bonds is 5. The first-order chi connectivity index (χ1) is 7.97. The number of hydrogen-bond donors (Lipinski definition) is 2. The molecule has 0 bridgehead atoms. The van der Waals surface area contributed by atoms with Gasteiger partial charge in [-0.15, -0.1) is 0 Å². The van der Waals surface area contributed by atoms with E-state index in [9.17, 15) is 13.9 Å². The number of hydrogen-bond acceptors (Lipinski definition) is 3. The first kappa shape index (κ1) is 13.9. The normalized spacial score (nSPS) is 11.5. The van der Waals surface area contributed by atoms with Crippen molar-refractivity contribution in [2.75, 3.05) is 6.61 Å². The van der Waals surface area contributed by atoms with E-state index in [0.717, 1.165) is 5.56 Å². The van der Waals surface area contributed by atoms with E-state index in [0.29, 0.717) is 12.0 Å². The summed E-state index contributed by atoms with van der Waals surface area (Å²) in [7, 11) is 0. The summed E-state index contributed by atoms with van der Waals surface area (Å²) in [5.74, 6) is 4.65. The molecular formula is C12H17F2NO2. The van der Waals surface area contributed by atoms with Gasteiger partial charge >= 0.3 is 0 Å². The van der Waals surface area contributed by atoms with Crippen molar-refractivity contribution in [2.45, 2.75) is 32.6 Å². The lowest BCUT2D eigenvalue weighted by Gasteiger charge is -2.14. The highest BCUT2D eigenvalue weighted by Crippen LogP contribution is 2.34. The molecule has 0 unspecified atom stereocenters. The maximum Gasteiger partial charge on any atom is 0.267 e. The fourth-order valence-electron chi connectivity index (χ4n) is 1.60. The van der Waals surface area contributed by atoms with Crippen LogP contribution in [-0.4, -0.2) is 11.7 Å². The second-order valence-corrected chi connectivity index (χ2v) is 4.19. The quantitative estimate of drug-likeness (QED) is 0.784. The molecule has 0 fully saturated rings. The molecule has 1 aromatic rings. The number of nitrogens with two attached hydrogens (primary N) is 1. The van der Waals surface area contributed by atoms with E-state index in [1.165, 1.54) is 6.07 Å². The number of aromatic hydroxyl groups is 1. The van der Waals surface area contributed by atoms with Crippen molar-refractivity contribution in [1.29, 1.82) is 0 Å². The number of benzene rings is 1. The Morgan fingerprint density at radius 2 is 2.00 bits per heavy atom. The average Bonchev–Trinajstić information content (AvgIpc) is 2.26. The van der Waals surface area contributed by atoms with Gasteiger partial charge in [0.1, 0.15) is 5.75 Å². The Hall–Kier alpha value is -1.20. The molecule has 1 aromatic carbocycles. The lowest BCUT2D eigenvalue weighted by atomic mass is 9.95. The molecule has 3 nitrogen and oxygen atoms in total. The summed E-state index contributed by atoms with van der Waals surface area (Å²) >= 11 is 0. The SMILES string of the molecule is CC(C)c1cc(CCON)c(O)c(C(F)F)c1. The zero-order valence-electron chi connectivity index (χ0n) is 9.91. The monoisotopic (exact) mass is 245 g/mol. The lowest BCUT2D eigenvalue weighted by Crippen LogP contribution is -2.05. The van der Waals surface area contributed by atoms with Gasteiger partial charge in [-0.05, 0) is 23.1 Å². The van der Waals surface area contributed by atoms with Crippen LogP contribution in [0.3, 0.4) is 0 Å². The summed E-state index contributed by atoms with van der Waals surface area (Å²) in [5, 5.41) is 9.72. The number of phenolic OH excluding ortho intramolecular Hbond substituents is 1. The number of alkyl halides is 2. The zero-order valence-corrected chi connectivity index (χ0v) is 9.91. The molecule has 0 saturated carbocycles. The minimum Gasteiger partial charge on any atom is -0.507 e. The van der Waals surface area contributed by atoms with E-state index in [1.807, 2.05) is 13.8 Å². The molecule has 0 spiro atoms. The second-order valence-electron chi connectivity index (χ2n) is 4.19. The predicted octanol–water partition coefficient (Wildman–Crippen LogP) is 2.89. The van der Waals surface area contributed by atoms with Crippen LogP contribution in [0.4, 0.5) is 8.78 Å². The third-order valence-electron chi connectivity index (χ3n) is 2.63. The van der Waals surface area contributed by atoms with E-state index in [4.69, 9.17) is 5.90 Å². The molecule has 0 saturated heterocycles. The fourth-order valence-corrected chi connectivity index (χ4v) is 1.60.